The SMILES string of the molecule is CC(c1ccccc1)C(CO)(CO)CO. The summed E-state index contributed by atoms with van der Waals surface area (Å²) >= 11 is 0. The van der Waals surface area contributed by atoms with E-state index in [9.17, 15) is 15.3 Å². The minimum absolute atomic E-state index is 0.0845. The average Bonchev–Trinajstić information content (AvgIpc) is 2.33. The summed E-state index contributed by atoms with van der Waals surface area (Å²) in [4.78, 5) is 0. The lowest BCUT2D eigenvalue weighted by molar-refractivity contribution is -0.0111. The molecule has 1 unspecified atom stereocenters. The molecule has 0 amide bonds. The maximum atomic E-state index is 9.29. The fourth-order valence-electron chi connectivity index (χ4n) is 1.66. The Bertz CT molecular complexity index is 272. The number of aliphatic hydroxyl groups excluding tert-OH is 3. The van der Waals surface area contributed by atoms with E-state index in [2.05, 4.69) is 0 Å². The first kappa shape index (κ1) is 12.2. The Kier molecular flexibility index (Phi) is 4.27. The maximum absolute atomic E-state index is 9.29. The van der Waals surface area contributed by atoms with Crippen LogP contribution in [0.4, 0.5) is 0 Å². The van der Waals surface area contributed by atoms with Crippen molar-refractivity contribution in [3.63, 3.8) is 0 Å². The van der Waals surface area contributed by atoms with Gasteiger partial charge in [0.25, 0.3) is 0 Å². The highest BCUT2D eigenvalue weighted by Gasteiger charge is 2.35. The van der Waals surface area contributed by atoms with Crippen molar-refractivity contribution in [3.05, 3.63) is 35.9 Å². The molecule has 1 rings (SSSR count). The highest BCUT2D eigenvalue weighted by atomic mass is 16.3. The molecule has 3 heteroatoms. The molecule has 0 heterocycles. The van der Waals surface area contributed by atoms with E-state index >= 15 is 0 Å². The van der Waals surface area contributed by atoms with Gasteiger partial charge in [-0.2, -0.15) is 0 Å². The summed E-state index contributed by atoms with van der Waals surface area (Å²) in [6.45, 7) is 1.22. The van der Waals surface area contributed by atoms with Crippen LogP contribution < -0.4 is 0 Å². The summed E-state index contributed by atoms with van der Waals surface area (Å²) in [6.07, 6.45) is 0. The summed E-state index contributed by atoms with van der Waals surface area (Å²) in [6, 6.07) is 9.58. The Labute approximate surface area is 90.0 Å². The molecule has 0 spiro atoms. The fourth-order valence-corrected chi connectivity index (χ4v) is 1.66. The zero-order chi connectivity index (χ0) is 11.3. The first-order valence-corrected chi connectivity index (χ1v) is 5.07. The van der Waals surface area contributed by atoms with Crippen molar-refractivity contribution in [2.75, 3.05) is 19.8 Å². The Morgan fingerprint density at radius 1 is 1.00 bits per heavy atom. The number of hydrogen-bond donors (Lipinski definition) is 3. The van der Waals surface area contributed by atoms with Crippen molar-refractivity contribution in [2.45, 2.75) is 12.8 Å². The summed E-state index contributed by atoms with van der Waals surface area (Å²) in [5.74, 6) is -0.0845. The highest BCUT2D eigenvalue weighted by molar-refractivity contribution is 5.21. The van der Waals surface area contributed by atoms with E-state index in [1.165, 1.54) is 0 Å². The van der Waals surface area contributed by atoms with Crippen molar-refractivity contribution in [1.82, 2.24) is 0 Å². The van der Waals surface area contributed by atoms with Crippen molar-refractivity contribution in [1.29, 1.82) is 0 Å². The van der Waals surface area contributed by atoms with Crippen LogP contribution >= 0.6 is 0 Å². The number of rotatable bonds is 5. The summed E-state index contributed by atoms with van der Waals surface area (Å²) in [5, 5.41) is 27.9. The molecule has 3 nitrogen and oxygen atoms in total. The van der Waals surface area contributed by atoms with Gasteiger partial charge in [-0.15, -0.1) is 0 Å². The maximum Gasteiger partial charge on any atom is 0.0537 e. The molecule has 0 aliphatic heterocycles. The molecular formula is C12H18O3. The van der Waals surface area contributed by atoms with Crippen molar-refractivity contribution in [2.24, 2.45) is 5.41 Å². The summed E-state index contributed by atoms with van der Waals surface area (Å²) < 4.78 is 0. The van der Waals surface area contributed by atoms with Gasteiger partial charge in [0.15, 0.2) is 0 Å². The minimum atomic E-state index is -0.846. The molecule has 0 aliphatic rings. The first-order chi connectivity index (χ1) is 7.20. The van der Waals surface area contributed by atoms with Crippen LogP contribution in [0.2, 0.25) is 0 Å². The molecule has 0 aromatic heterocycles. The second kappa shape index (κ2) is 5.26. The van der Waals surface area contributed by atoms with E-state index in [0.717, 1.165) is 5.56 Å². The molecule has 0 bridgehead atoms. The largest absolute Gasteiger partial charge is 0.396 e. The van der Waals surface area contributed by atoms with Crippen molar-refractivity contribution >= 4 is 0 Å². The van der Waals surface area contributed by atoms with Gasteiger partial charge in [-0.3, -0.25) is 0 Å². The van der Waals surface area contributed by atoms with E-state index in [1.54, 1.807) is 0 Å². The van der Waals surface area contributed by atoms with Gasteiger partial charge in [-0.25, -0.2) is 0 Å². The van der Waals surface area contributed by atoms with Crippen LogP contribution in [0.15, 0.2) is 30.3 Å². The smallest absolute Gasteiger partial charge is 0.0537 e. The van der Waals surface area contributed by atoms with E-state index in [1.807, 2.05) is 37.3 Å². The zero-order valence-corrected chi connectivity index (χ0v) is 8.93. The lowest BCUT2D eigenvalue weighted by Gasteiger charge is -2.34. The Hall–Kier alpha value is -0.900. The van der Waals surface area contributed by atoms with Gasteiger partial charge < -0.3 is 15.3 Å². The van der Waals surface area contributed by atoms with Gasteiger partial charge >= 0.3 is 0 Å². The first-order valence-electron chi connectivity index (χ1n) is 5.07. The monoisotopic (exact) mass is 210 g/mol. The van der Waals surface area contributed by atoms with Crippen molar-refractivity contribution in [3.8, 4) is 0 Å². The third-order valence-corrected chi connectivity index (χ3v) is 3.16. The lowest BCUT2D eigenvalue weighted by Crippen LogP contribution is -2.39. The molecule has 0 fully saturated rings. The predicted molar refractivity (Wildman–Crippen MR) is 58.5 cm³/mol. The van der Waals surface area contributed by atoms with Gasteiger partial charge in [0.05, 0.1) is 19.8 Å². The Morgan fingerprint density at radius 2 is 1.47 bits per heavy atom. The second-order valence-corrected chi connectivity index (χ2v) is 3.97. The van der Waals surface area contributed by atoms with Gasteiger partial charge in [0.1, 0.15) is 0 Å². The van der Waals surface area contributed by atoms with Gasteiger partial charge in [0, 0.05) is 5.41 Å². The molecule has 0 radical (unpaired) electrons. The van der Waals surface area contributed by atoms with E-state index in [-0.39, 0.29) is 25.7 Å². The normalized spacial score (nSPS) is 13.9. The Morgan fingerprint density at radius 3 is 1.87 bits per heavy atom. The van der Waals surface area contributed by atoms with Crippen LogP contribution in [0.5, 0.6) is 0 Å². The second-order valence-electron chi connectivity index (χ2n) is 3.97. The third kappa shape index (κ3) is 2.37. The molecule has 0 saturated heterocycles. The average molecular weight is 210 g/mol. The lowest BCUT2D eigenvalue weighted by atomic mass is 9.74. The minimum Gasteiger partial charge on any atom is -0.396 e. The molecule has 1 aromatic carbocycles. The number of benzene rings is 1. The third-order valence-electron chi connectivity index (χ3n) is 3.16. The van der Waals surface area contributed by atoms with Crippen LogP contribution in [-0.2, 0) is 0 Å². The van der Waals surface area contributed by atoms with Gasteiger partial charge in [-0.1, -0.05) is 37.3 Å². The van der Waals surface area contributed by atoms with Gasteiger partial charge in [-0.05, 0) is 11.5 Å². The van der Waals surface area contributed by atoms with Crippen LogP contribution in [-0.4, -0.2) is 35.1 Å². The van der Waals surface area contributed by atoms with Gasteiger partial charge in [0.2, 0.25) is 0 Å². The van der Waals surface area contributed by atoms with E-state index < -0.39 is 5.41 Å². The number of hydrogen-bond acceptors (Lipinski definition) is 3. The Balaban J connectivity index is 2.95. The highest BCUT2D eigenvalue weighted by Crippen LogP contribution is 2.34. The van der Waals surface area contributed by atoms with E-state index in [0.29, 0.717) is 0 Å². The predicted octanol–water partition coefficient (Wildman–Crippen LogP) is 0.753. The van der Waals surface area contributed by atoms with Crippen LogP contribution in [0.3, 0.4) is 0 Å². The van der Waals surface area contributed by atoms with Crippen LogP contribution in [0.1, 0.15) is 18.4 Å². The zero-order valence-electron chi connectivity index (χ0n) is 8.93. The molecule has 0 aliphatic carbocycles. The van der Waals surface area contributed by atoms with Crippen LogP contribution in [0, 0.1) is 5.41 Å². The molecule has 0 saturated carbocycles. The summed E-state index contributed by atoms with van der Waals surface area (Å²) in [5.41, 5.74) is 0.163. The molecule has 1 atom stereocenters. The molecule has 84 valence electrons. The summed E-state index contributed by atoms with van der Waals surface area (Å²) in [7, 11) is 0. The fraction of sp³-hybridized carbons (Fsp3) is 0.500. The molecular weight excluding hydrogens is 192 g/mol. The topological polar surface area (TPSA) is 60.7 Å². The van der Waals surface area contributed by atoms with Crippen molar-refractivity contribution < 1.29 is 15.3 Å². The number of aliphatic hydroxyl groups is 3. The standard InChI is InChI=1S/C12H18O3/c1-10(11-5-3-2-4-6-11)12(7-13,8-14)9-15/h2-6,10,13-15H,7-9H2,1H3. The van der Waals surface area contributed by atoms with E-state index in [4.69, 9.17) is 0 Å². The van der Waals surface area contributed by atoms with Crippen LogP contribution in [0.25, 0.3) is 0 Å². The quantitative estimate of drug-likeness (QED) is 0.672. The molecule has 15 heavy (non-hydrogen) atoms. The molecule has 3 N–H and O–H groups in total. The molecule has 1 aromatic rings.